The van der Waals surface area contributed by atoms with Crippen molar-refractivity contribution < 1.29 is 17.9 Å². The van der Waals surface area contributed by atoms with Crippen molar-refractivity contribution >= 4 is 16.7 Å². The Balaban J connectivity index is 3.20. The van der Waals surface area contributed by atoms with Gasteiger partial charge in [0.05, 0.1) is 0 Å². The zero-order chi connectivity index (χ0) is 12.6. The standard InChI is InChI=1S/C11H18O4S/c1-8-5-10(3,4)7-11(6-8,16(13)14)15-9(2)12/h6,16H,5,7H2,1-4H3. The summed E-state index contributed by atoms with van der Waals surface area (Å²) in [5.41, 5.74) is 0.764. The number of esters is 1. The molecule has 0 heterocycles. The molecule has 0 saturated carbocycles. The Hall–Kier alpha value is -0.840. The highest BCUT2D eigenvalue weighted by Gasteiger charge is 2.44. The van der Waals surface area contributed by atoms with Gasteiger partial charge in [-0.1, -0.05) is 19.4 Å². The normalized spacial score (nSPS) is 28.7. The number of carbonyl (C=O) groups excluding carboxylic acids is 1. The van der Waals surface area contributed by atoms with Gasteiger partial charge in [0, 0.05) is 13.3 Å². The average molecular weight is 246 g/mol. The largest absolute Gasteiger partial charge is 0.439 e. The van der Waals surface area contributed by atoms with Crippen molar-refractivity contribution in [1.82, 2.24) is 0 Å². The molecular weight excluding hydrogens is 228 g/mol. The first-order chi connectivity index (χ1) is 7.17. The zero-order valence-corrected chi connectivity index (χ0v) is 11.0. The first-order valence-corrected chi connectivity index (χ1v) is 6.37. The number of hydrogen-bond acceptors (Lipinski definition) is 4. The van der Waals surface area contributed by atoms with Crippen LogP contribution in [0.1, 0.15) is 40.5 Å². The van der Waals surface area contributed by atoms with Gasteiger partial charge in [-0.15, -0.1) is 0 Å². The first-order valence-electron chi connectivity index (χ1n) is 5.19. The summed E-state index contributed by atoms with van der Waals surface area (Å²) in [4.78, 5) is 9.57. The fourth-order valence-corrected chi connectivity index (χ4v) is 3.55. The summed E-state index contributed by atoms with van der Waals surface area (Å²) < 4.78 is 27.8. The van der Waals surface area contributed by atoms with Crippen molar-refractivity contribution in [2.75, 3.05) is 0 Å². The molecule has 0 fully saturated rings. The average Bonchev–Trinajstić information content (AvgIpc) is 1.96. The monoisotopic (exact) mass is 246 g/mol. The maximum Gasteiger partial charge on any atom is 0.304 e. The van der Waals surface area contributed by atoms with Gasteiger partial charge < -0.3 is 4.74 Å². The summed E-state index contributed by atoms with van der Waals surface area (Å²) in [5, 5.41) is 0. The quantitative estimate of drug-likeness (QED) is 0.457. The number of rotatable bonds is 2. The van der Waals surface area contributed by atoms with Crippen LogP contribution in [0.15, 0.2) is 11.6 Å². The fraction of sp³-hybridized carbons (Fsp3) is 0.727. The molecule has 16 heavy (non-hydrogen) atoms. The van der Waals surface area contributed by atoms with Gasteiger partial charge in [-0.05, 0) is 24.8 Å². The summed E-state index contributed by atoms with van der Waals surface area (Å²) in [6.07, 6.45) is 2.69. The van der Waals surface area contributed by atoms with E-state index in [4.69, 9.17) is 4.74 Å². The number of ether oxygens (including phenoxy) is 1. The van der Waals surface area contributed by atoms with Crippen LogP contribution in [0.3, 0.4) is 0 Å². The van der Waals surface area contributed by atoms with E-state index in [0.29, 0.717) is 6.42 Å². The second kappa shape index (κ2) is 4.20. The van der Waals surface area contributed by atoms with Gasteiger partial charge in [0.2, 0.25) is 4.93 Å². The summed E-state index contributed by atoms with van der Waals surface area (Å²) in [6, 6.07) is 0. The van der Waals surface area contributed by atoms with Crippen LogP contribution in [0, 0.1) is 5.41 Å². The maximum absolute atomic E-state index is 11.4. The number of allylic oxidation sites excluding steroid dienone is 1. The molecule has 0 aromatic rings. The van der Waals surface area contributed by atoms with Crippen LogP contribution in [0.5, 0.6) is 0 Å². The minimum absolute atomic E-state index is 0.177. The summed E-state index contributed by atoms with van der Waals surface area (Å²) >= 11 is 0. The zero-order valence-electron chi connectivity index (χ0n) is 10.1. The van der Waals surface area contributed by atoms with Crippen LogP contribution < -0.4 is 0 Å². The Kier molecular flexibility index (Phi) is 3.47. The number of thiol groups is 1. The Bertz CT molecular complexity index is 398. The molecule has 0 N–H and O–H groups in total. The molecular formula is C11H18O4S. The number of carbonyl (C=O) groups is 1. The third kappa shape index (κ3) is 2.84. The Labute approximate surface area is 97.6 Å². The van der Waals surface area contributed by atoms with E-state index in [0.717, 1.165) is 12.0 Å². The first kappa shape index (κ1) is 13.2. The predicted molar refractivity (Wildman–Crippen MR) is 61.6 cm³/mol. The van der Waals surface area contributed by atoms with Crippen molar-refractivity contribution in [1.29, 1.82) is 0 Å². The molecule has 0 spiro atoms. The second-order valence-electron chi connectivity index (χ2n) is 5.20. The summed E-state index contributed by atoms with van der Waals surface area (Å²) in [7, 11) is -2.84. The Morgan fingerprint density at radius 1 is 1.44 bits per heavy atom. The van der Waals surface area contributed by atoms with Gasteiger partial charge in [-0.25, -0.2) is 8.42 Å². The van der Waals surface area contributed by atoms with Gasteiger partial charge in [0.1, 0.15) is 0 Å². The van der Waals surface area contributed by atoms with E-state index in [9.17, 15) is 13.2 Å². The molecule has 1 atom stereocenters. The molecule has 92 valence electrons. The Morgan fingerprint density at radius 2 is 2.00 bits per heavy atom. The molecule has 1 aliphatic carbocycles. The van der Waals surface area contributed by atoms with E-state index in [1.807, 2.05) is 20.8 Å². The fourth-order valence-electron chi connectivity index (χ4n) is 2.46. The highest BCUT2D eigenvalue weighted by atomic mass is 32.2. The lowest BCUT2D eigenvalue weighted by molar-refractivity contribution is -0.148. The van der Waals surface area contributed by atoms with Gasteiger partial charge in [-0.3, -0.25) is 4.79 Å². The van der Waals surface area contributed by atoms with E-state index >= 15 is 0 Å². The van der Waals surface area contributed by atoms with Gasteiger partial charge >= 0.3 is 5.97 Å². The molecule has 1 rings (SSSR count). The summed E-state index contributed by atoms with van der Waals surface area (Å²) in [5.74, 6) is -0.569. The lowest BCUT2D eigenvalue weighted by Gasteiger charge is -2.38. The molecule has 0 saturated heterocycles. The minimum atomic E-state index is -2.84. The maximum atomic E-state index is 11.4. The Morgan fingerprint density at radius 3 is 2.38 bits per heavy atom. The highest BCUT2D eigenvalue weighted by molar-refractivity contribution is 7.74. The topological polar surface area (TPSA) is 60.4 Å². The molecule has 0 radical (unpaired) electrons. The minimum Gasteiger partial charge on any atom is -0.439 e. The molecule has 0 bridgehead atoms. The van der Waals surface area contributed by atoms with Crippen LogP contribution in [0.4, 0.5) is 0 Å². The molecule has 0 amide bonds. The predicted octanol–water partition coefficient (Wildman–Crippen LogP) is 1.62. The summed E-state index contributed by atoms with van der Waals surface area (Å²) in [6.45, 7) is 7.03. The van der Waals surface area contributed by atoms with Gasteiger partial charge in [-0.2, -0.15) is 0 Å². The third-order valence-electron chi connectivity index (χ3n) is 2.59. The van der Waals surface area contributed by atoms with Crippen molar-refractivity contribution in [3.8, 4) is 0 Å². The van der Waals surface area contributed by atoms with E-state index in [1.165, 1.54) is 6.92 Å². The molecule has 1 unspecified atom stereocenters. The third-order valence-corrected chi connectivity index (χ3v) is 3.59. The lowest BCUT2D eigenvalue weighted by atomic mass is 9.76. The molecule has 0 aliphatic heterocycles. The molecule has 4 nitrogen and oxygen atoms in total. The molecule has 5 heteroatoms. The van der Waals surface area contributed by atoms with Crippen LogP contribution in [-0.2, 0) is 20.2 Å². The van der Waals surface area contributed by atoms with Crippen molar-refractivity contribution in [3.63, 3.8) is 0 Å². The van der Waals surface area contributed by atoms with E-state index in [-0.39, 0.29) is 5.41 Å². The molecule has 0 aromatic carbocycles. The van der Waals surface area contributed by atoms with Crippen molar-refractivity contribution in [2.45, 2.75) is 45.5 Å². The molecule has 0 aromatic heterocycles. The van der Waals surface area contributed by atoms with Crippen LogP contribution >= 0.6 is 0 Å². The van der Waals surface area contributed by atoms with Crippen LogP contribution in [0.2, 0.25) is 0 Å². The van der Waals surface area contributed by atoms with E-state index < -0.39 is 21.6 Å². The lowest BCUT2D eigenvalue weighted by Crippen LogP contribution is -2.41. The highest BCUT2D eigenvalue weighted by Crippen LogP contribution is 2.42. The van der Waals surface area contributed by atoms with Crippen LogP contribution in [-0.4, -0.2) is 19.3 Å². The van der Waals surface area contributed by atoms with Gasteiger partial charge in [0.15, 0.2) is 10.7 Å². The molecule has 1 aliphatic rings. The number of hydrogen-bond donors (Lipinski definition) is 1. The van der Waals surface area contributed by atoms with Crippen molar-refractivity contribution in [2.24, 2.45) is 5.41 Å². The smallest absolute Gasteiger partial charge is 0.304 e. The SMILES string of the molecule is CC(=O)OC1([SH](=O)=O)C=C(C)CC(C)(C)C1. The second-order valence-corrected chi connectivity index (χ2v) is 6.48. The van der Waals surface area contributed by atoms with Gasteiger partial charge in [0.25, 0.3) is 0 Å². The van der Waals surface area contributed by atoms with Crippen LogP contribution in [0.25, 0.3) is 0 Å². The van der Waals surface area contributed by atoms with E-state index in [1.54, 1.807) is 6.08 Å². The van der Waals surface area contributed by atoms with Crippen molar-refractivity contribution in [3.05, 3.63) is 11.6 Å². The van der Waals surface area contributed by atoms with E-state index in [2.05, 4.69) is 0 Å².